The second-order valence-corrected chi connectivity index (χ2v) is 6.09. The Kier molecular flexibility index (Phi) is 13.8. The van der Waals surface area contributed by atoms with Crippen molar-refractivity contribution in [2.24, 2.45) is 4.99 Å². The van der Waals surface area contributed by atoms with Gasteiger partial charge in [0, 0.05) is 46.1 Å². The van der Waals surface area contributed by atoms with E-state index in [1.54, 1.807) is 20.4 Å². The highest BCUT2D eigenvalue weighted by molar-refractivity contribution is 14.0. The summed E-state index contributed by atoms with van der Waals surface area (Å²) in [5.41, 5.74) is 2.19. The smallest absolute Gasteiger partial charge is 0.213 e. The van der Waals surface area contributed by atoms with Gasteiger partial charge in [0.05, 0.1) is 13.2 Å². The quantitative estimate of drug-likeness (QED) is 0.196. The first-order chi connectivity index (χ1) is 13.8. The van der Waals surface area contributed by atoms with Crippen LogP contribution in [0.4, 0.5) is 0 Å². The molecule has 2 aromatic rings. The lowest BCUT2D eigenvalue weighted by molar-refractivity contribution is 0.0698. The van der Waals surface area contributed by atoms with Gasteiger partial charge in [0.15, 0.2) is 5.96 Å². The molecule has 0 aliphatic rings. The fraction of sp³-hybridized carbons (Fsp3) is 0.429. The van der Waals surface area contributed by atoms with Crippen LogP contribution in [0.25, 0.3) is 0 Å². The SMILES string of the molecule is CN=C(NCCCOCCOC)NCc1ccnc(OCc2ccccc2)c1.I. The van der Waals surface area contributed by atoms with Gasteiger partial charge in [0.1, 0.15) is 6.61 Å². The van der Waals surface area contributed by atoms with Crippen LogP contribution in [-0.4, -0.2) is 51.5 Å². The van der Waals surface area contributed by atoms with Gasteiger partial charge in [-0.3, -0.25) is 4.99 Å². The third-order valence-electron chi connectivity index (χ3n) is 3.90. The highest BCUT2D eigenvalue weighted by Gasteiger charge is 2.02. The number of aromatic nitrogens is 1. The van der Waals surface area contributed by atoms with E-state index in [1.807, 2.05) is 42.5 Å². The van der Waals surface area contributed by atoms with E-state index in [-0.39, 0.29) is 24.0 Å². The summed E-state index contributed by atoms with van der Waals surface area (Å²) in [5, 5.41) is 6.57. The zero-order valence-electron chi connectivity index (χ0n) is 17.1. The Hall–Kier alpha value is -1.91. The Morgan fingerprint density at radius 3 is 2.62 bits per heavy atom. The lowest BCUT2D eigenvalue weighted by Crippen LogP contribution is -2.37. The molecule has 0 bridgehead atoms. The van der Waals surface area contributed by atoms with E-state index >= 15 is 0 Å². The number of nitrogens with zero attached hydrogens (tertiary/aromatic N) is 2. The summed E-state index contributed by atoms with van der Waals surface area (Å²) >= 11 is 0. The molecule has 0 unspecified atom stereocenters. The minimum Gasteiger partial charge on any atom is -0.473 e. The van der Waals surface area contributed by atoms with Gasteiger partial charge < -0.3 is 24.8 Å². The molecule has 160 valence electrons. The molecule has 2 rings (SSSR count). The van der Waals surface area contributed by atoms with E-state index in [2.05, 4.69) is 20.6 Å². The van der Waals surface area contributed by atoms with Crippen LogP contribution < -0.4 is 15.4 Å². The number of pyridine rings is 1. The van der Waals surface area contributed by atoms with Crippen LogP contribution in [0.15, 0.2) is 53.7 Å². The topological polar surface area (TPSA) is 77.0 Å². The van der Waals surface area contributed by atoms with Crippen LogP contribution in [-0.2, 0) is 22.6 Å². The lowest BCUT2D eigenvalue weighted by Gasteiger charge is -2.12. The number of nitrogens with one attached hydrogen (secondary N) is 2. The van der Waals surface area contributed by atoms with Crippen molar-refractivity contribution >= 4 is 29.9 Å². The number of halogens is 1. The van der Waals surface area contributed by atoms with Crippen molar-refractivity contribution in [3.63, 3.8) is 0 Å². The number of guanidine groups is 1. The molecule has 0 saturated heterocycles. The molecule has 0 aliphatic carbocycles. The Labute approximate surface area is 190 Å². The van der Waals surface area contributed by atoms with Crippen molar-refractivity contribution in [3.05, 3.63) is 59.8 Å². The third-order valence-corrected chi connectivity index (χ3v) is 3.90. The first-order valence-electron chi connectivity index (χ1n) is 9.44. The van der Waals surface area contributed by atoms with Crippen LogP contribution in [0.3, 0.4) is 0 Å². The zero-order valence-corrected chi connectivity index (χ0v) is 19.4. The fourth-order valence-electron chi connectivity index (χ4n) is 2.40. The number of hydrogen-bond donors (Lipinski definition) is 2. The molecule has 2 N–H and O–H groups in total. The van der Waals surface area contributed by atoms with Gasteiger partial charge in [0.25, 0.3) is 0 Å². The molecule has 1 heterocycles. The maximum Gasteiger partial charge on any atom is 0.213 e. The van der Waals surface area contributed by atoms with E-state index < -0.39 is 0 Å². The molecule has 1 aromatic carbocycles. The van der Waals surface area contributed by atoms with E-state index in [4.69, 9.17) is 14.2 Å². The van der Waals surface area contributed by atoms with Gasteiger partial charge >= 0.3 is 0 Å². The minimum atomic E-state index is 0. The molecule has 0 radical (unpaired) electrons. The normalized spacial score (nSPS) is 10.9. The predicted molar refractivity (Wildman–Crippen MR) is 126 cm³/mol. The molecule has 0 atom stereocenters. The Balaban J connectivity index is 0.00000420. The highest BCUT2D eigenvalue weighted by Crippen LogP contribution is 2.11. The summed E-state index contributed by atoms with van der Waals surface area (Å²) in [5.74, 6) is 1.36. The molecule has 8 heteroatoms. The van der Waals surface area contributed by atoms with Gasteiger partial charge in [-0.05, 0) is 23.6 Å². The van der Waals surface area contributed by atoms with E-state index in [9.17, 15) is 0 Å². The second-order valence-electron chi connectivity index (χ2n) is 6.09. The number of ether oxygens (including phenoxy) is 3. The Bertz CT molecular complexity index is 701. The average Bonchev–Trinajstić information content (AvgIpc) is 2.75. The standard InChI is InChI=1S/C21H30N4O3.HI/c1-22-21(24-10-6-12-27-14-13-26-2)25-16-19-9-11-23-20(15-19)28-17-18-7-4-3-5-8-18;/h3-5,7-9,11,15H,6,10,12-14,16-17H2,1-2H3,(H2,22,24,25);1H. The highest BCUT2D eigenvalue weighted by atomic mass is 127. The average molecular weight is 514 g/mol. The molecule has 0 fully saturated rings. The maximum atomic E-state index is 5.78. The number of benzene rings is 1. The second kappa shape index (κ2) is 15.9. The lowest BCUT2D eigenvalue weighted by atomic mass is 10.2. The number of aliphatic imine (C=N–C) groups is 1. The molecule has 0 amide bonds. The summed E-state index contributed by atoms with van der Waals surface area (Å²) in [6.07, 6.45) is 2.65. The van der Waals surface area contributed by atoms with Gasteiger partial charge in [0.2, 0.25) is 5.88 Å². The van der Waals surface area contributed by atoms with Crippen LogP contribution in [0.2, 0.25) is 0 Å². The summed E-state index contributed by atoms with van der Waals surface area (Å²) in [7, 11) is 3.42. The fourth-order valence-corrected chi connectivity index (χ4v) is 2.40. The first kappa shape index (κ1) is 25.1. The molecular formula is C21H31IN4O3. The van der Waals surface area contributed by atoms with Crippen molar-refractivity contribution in [2.75, 3.05) is 40.5 Å². The molecule has 0 aliphatic heterocycles. The maximum absolute atomic E-state index is 5.78. The van der Waals surface area contributed by atoms with E-state index in [1.165, 1.54) is 0 Å². The van der Waals surface area contributed by atoms with Crippen molar-refractivity contribution in [3.8, 4) is 5.88 Å². The van der Waals surface area contributed by atoms with Crippen molar-refractivity contribution in [1.29, 1.82) is 0 Å². The van der Waals surface area contributed by atoms with Crippen LogP contribution in [0, 0.1) is 0 Å². The van der Waals surface area contributed by atoms with Crippen LogP contribution in [0.1, 0.15) is 17.5 Å². The minimum absolute atomic E-state index is 0. The molecule has 7 nitrogen and oxygen atoms in total. The number of methoxy groups -OCH3 is 1. The van der Waals surface area contributed by atoms with Crippen LogP contribution >= 0.6 is 24.0 Å². The molecule has 0 spiro atoms. The Morgan fingerprint density at radius 2 is 1.86 bits per heavy atom. The predicted octanol–water partition coefficient (Wildman–Crippen LogP) is 3.00. The van der Waals surface area contributed by atoms with Gasteiger partial charge in [-0.1, -0.05) is 30.3 Å². The van der Waals surface area contributed by atoms with Crippen molar-refractivity contribution in [1.82, 2.24) is 15.6 Å². The molecule has 0 saturated carbocycles. The van der Waals surface area contributed by atoms with Crippen molar-refractivity contribution < 1.29 is 14.2 Å². The van der Waals surface area contributed by atoms with E-state index in [0.717, 1.165) is 30.1 Å². The first-order valence-corrected chi connectivity index (χ1v) is 9.44. The third kappa shape index (κ3) is 11.0. The van der Waals surface area contributed by atoms with E-state index in [0.29, 0.717) is 38.9 Å². The summed E-state index contributed by atoms with van der Waals surface area (Å²) in [6, 6.07) is 13.9. The monoisotopic (exact) mass is 514 g/mol. The largest absolute Gasteiger partial charge is 0.473 e. The van der Waals surface area contributed by atoms with Crippen molar-refractivity contribution in [2.45, 2.75) is 19.6 Å². The summed E-state index contributed by atoms with van der Waals surface area (Å²) < 4.78 is 16.2. The van der Waals surface area contributed by atoms with Gasteiger partial charge in [-0.15, -0.1) is 24.0 Å². The summed E-state index contributed by atoms with van der Waals surface area (Å²) in [6.45, 7) is 3.86. The summed E-state index contributed by atoms with van der Waals surface area (Å²) in [4.78, 5) is 8.51. The molecule has 1 aromatic heterocycles. The van der Waals surface area contributed by atoms with Gasteiger partial charge in [-0.2, -0.15) is 0 Å². The number of rotatable bonds is 12. The zero-order chi connectivity index (χ0) is 19.9. The van der Waals surface area contributed by atoms with Crippen LogP contribution in [0.5, 0.6) is 5.88 Å². The Morgan fingerprint density at radius 1 is 1.03 bits per heavy atom. The molecule has 29 heavy (non-hydrogen) atoms. The molecular weight excluding hydrogens is 483 g/mol. The number of hydrogen-bond acceptors (Lipinski definition) is 5. The van der Waals surface area contributed by atoms with Gasteiger partial charge in [-0.25, -0.2) is 4.98 Å².